The fraction of sp³-hybridized carbons (Fsp3) is 0.364. The Hall–Kier alpha value is -2.20. The molecule has 2 aliphatic rings. The Morgan fingerprint density at radius 1 is 1.13 bits per heavy atom. The summed E-state index contributed by atoms with van der Waals surface area (Å²) < 4.78 is 25.9. The van der Waals surface area contributed by atoms with Crippen LogP contribution in [0.2, 0.25) is 0 Å². The molecule has 1 saturated heterocycles. The van der Waals surface area contributed by atoms with Crippen LogP contribution in [-0.4, -0.2) is 55.7 Å². The molecule has 2 aromatic rings. The van der Waals surface area contributed by atoms with Crippen LogP contribution >= 0.6 is 11.8 Å². The molecular weight excluding hydrogens is 434 g/mol. The highest BCUT2D eigenvalue weighted by Crippen LogP contribution is 2.43. The molecule has 0 bridgehead atoms. The zero-order chi connectivity index (χ0) is 22.6. The lowest BCUT2D eigenvalue weighted by atomic mass is 9.80. The molecule has 1 fully saturated rings. The van der Waals surface area contributed by atoms with Crippen molar-refractivity contribution in [3.8, 4) is 0 Å². The highest BCUT2D eigenvalue weighted by atomic mass is 32.2. The quantitative estimate of drug-likeness (QED) is 0.599. The van der Waals surface area contributed by atoms with Gasteiger partial charge in [-0.3, -0.25) is 4.55 Å². The van der Waals surface area contributed by atoms with Gasteiger partial charge in [0.15, 0.2) is 0 Å². The molecule has 0 radical (unpaired) electrons. The Balaban J connectivity index is 0.000000491. The molecule has 9 heteroatoms. The Morgan fingerprint density at radius 2 is 1.74 bits per heavy atom. The van der Waals surface area contributed by atoms with Crippen molar-refractivity contribution in [3.63, 3.8) is 0 Å². The van der Waals surface area contributed by atoms with Gasteiger partial charge in [-0.25, -0.2) is 0 Å². The summed E-state index contributed by atoms with van der Waals surface area (Å²) in [6, 6.07) is 18.4. The standard InChI is InChI=1S/C21H25N3OS.CH4O3S/c1-23(2)18-10-8-17(9-11-18)21(25)12-13-24-15-26-14-19(24)22-20(21)16-6-4-3-5-7-16;1-5(2,3)4/h3-11,14,20,22,25H,12-13,15H2,1-2H3;1H3,(H,2,3,4). The number of nitrogens with zero attached hydrogens (tertiary/aromatic N) is 2. The van der Waals surface area contributed by atoms with E-state index in [-0.39, 0.29) is 6.04 Å². The Morgan fingerprint density at radius 3 is 2.32 bits per heavy atom. The van der Waals surface area contributed by atoms with Gasteiger partial charge in [-0.15, -0.1) is 11.8 Å². The summed E-state index contributed by atoms with van der Waals surface area (Å²) in [7, 11) is 0.393. The largest absolute Gasteiger partial charge is 0.383 e. The molecule has 2 aromatic carbocycles. The number of anilines is 1. The molecule has 7 nitrogen and oxygen atoms in total. The number of rotatable bonds is 3. The third-order valence-electron chi connectivity index (χ3n) is 5.32. The summed E-state index contributed by atoms with van der Waals surface area (Å²) in [5, 5.41) is 17.7. The molecule has 2 aliphatic heterocycles. The van der Waals surface area contributed by atoms with Gasteiger partial charge < -0.3 is 20.2 Å². The smallest absolute Gasteiger partial charge is 0.261 e. The first-order valence-corrected chi connectivity index (χ1v) is 12.8. The van der Waals surface area contributed by atoms with Gasteiger partial charge in [-0.1, -0.05) is 42.5 Å². The summed E-state index contributed by atoms with van der Waals surface area (Å²) >= 11 is 1.80. The van der Waals surface area contributed by atoms with E-state index in [0.717, 1.165) is 35.1 Å². The van der Waals surface area contributed by atoms with Crippen molar-refractivity contribution in [2.24, 2.45) is 0 Å². The first-order valence-electron chi connectivity index (χ1n) is 9.89. The average Bonchev–Trinajstić information content (AvgIpc) is 3.11. The van der Waals surface area contributed by atoms with Crippen molar-refractivity contribution in [2.75, 3.05) is 37.7 Å². The number of nitrogens with one attached hydrogen (secondary N) is 1. The third kappa shape index (κ3) is 5.94. The summed E-state index contributed by atoms with van der Waals surface area (Å²) in [5.41, 5.74) is 2.22. The molecule has 2 unspecified atom stereocenters. The van der Waals surface area contributed by atoms with Crippen LogP contribution < -0.4 is 10.2 Å². The van der Waals surface area contributed by atoms with Gasteiger partial charge in [0.2, 0.25) is 0 Å². The SMILES string of the molecule is CN(C)c1ccc(C2(O)CCN3CSC=C3NC2c2ccccc2)cc1.CS(=O)(=O)O. The van der Waals surface area contributed by atoms with Crippen LogP contribution in [0, 0.1) is 0 Å². The van der Waals surface area contributed by atoms with Gasteiger partial charge >= 0.3 is 0 Å². The topological polar surface area (TPSA) is 93.1 Å². The Kier molecular flexibility index (Phi) is 7.20. The predicted molar refractivity (Wildman–Crippen MR) is 126 cm³/mol. The normalized spacial score (nSPS) is 22.9. The van der Waals surface area contributed by atoms with Crippen molar-refractivity contribution in [3.05, 3.63) is 77.0 Å². The minimum absolute atomic E-state index is 0.191. The summed E-state index contributed by atoms with van der Waals surface area (Å²) in [6.07, 6.45) is 1.39. The lowest BCUT2D eigenvalue weighted by molar-refractivity contribution is -0.00448. The summed E-state index contributed by atoms with van der Waals surface area (Å²) in [5.74, 6) is 2.06. The maximum absolute atomic E-state index is 11.9. The number of thioether (sulfide) groups is 1. The first kappa shape index (κ1) is 23.5. The van der Waals surface area contributed by atoms with Gasteiger partial charge in [0.1, 0.15) is 11.4 Å². The minimum atomic E-state index is -3.67. The molecule has 0 spiro atoms. The number of hydrogen-bond acceptors (Lipinski definition) is 7. The van der Waals surface area contributed by atoms with Crippen molar-refractivity contribution in [1.29, 1.82) is 0 Å². The number of aliphatic hydroxyl groups is 1. The Labute approximate surface area is 188 Å². The van der Waals surface area contributed by atoms with Crippen molar-refractivity contribution >= 4 is 27.6 Å². The van der Waals surface area contributed by atoms with Crippen LogP contribution in [0.5, 0.6) is 0 Å². The summed E-state index contributed by atoms with van der Waals surface area (Å²) in [4.78, 5) is 4.39. The molecule has 2 atom stereocenters. The van der Waals surface area contributed by atoms with E-state index in [0.29, 0.717) is 12.7 Å². The molecular formula is C22H29N3O4S2. The fourth-order valence-corrected chi connectivity index (χ4v) is 4.64. The maximum Gasteiger partial charge on any atom is 0.261 e. The number of benzene rings is 2. The molecule has 3 N–H and O–H groups in total. The van der Waals surface area contributed by atoms with Crippen molar-refractivity contribution in [1.82, 2.24) is 10.2 Å². The lowest BCUT2D eigenvalue weighted by Gasteiger charge is -2.36. The monoisotopic (exact) mass is 463 g/mol. The highest BCUT2D eigenvalue weighted by molar-refractivity contribution is 8.02. The second-order valence-electron chi connectivity index (χ2n) is 7.90. The van der Waals surface area contributed by atoms with E-state index in [9.17, 15) is 13.5 Å². The molecule has 4 rings (SSSR count). The molecule has 31 heavy (non-hydrogen) atoms. The average molecular weight is 464 g/mol. The zero-order valence-electron chi connectivity index (χ0n) is 17.9. The van der Waals surface area contributed by atoms with Crippen molar-refractivity contribution < 1.29 is 18.1 Å². The Bertz CT molecular complexity index is 1000. The third-order valence-corrected chi connectivity index (χ3v) is 6.17. The van der Waals surface area contributed by atoms with E-state index in [1.807, 2.05) is 32.3 Å². The van der Waals surface area contributed by atoms with Crippen LogP contribution in [0.1, 0.15) is 23.6 Å². The van der Waals surface area contributed by atoms with Gasteiger partial charge in [0, 0.05) is 38.2 Å². The predicted octanol–water partition coefficient (Wildman–Crippen LogP) is 2.98. The molecule has 0 aromatic heterocycles. The van der Waals surface area contributed by atoms with Crippen LogP contribution in [0.15, 0.2) is 65.8 Å². The van der Waals surface area contributed by atoms with E-state index < -0.39 is 15.7 Å². The maximum atomic E-state index is 11.9. The van der Waals surface area contributed by atoms with Gasteiger partial charge in [0.25, 0.3) is 10.1 Å². The lowest BCUT2D eigenvalue weighted by Crippen LogP contribution is -2.40. The van der Waals surface area contributed by atoms with E-state index in [2.05, 4.69) is 56.9 Å². The molecule has 0 saturated carbocycles. The van der Waals surface area contributed by atoms with Gasteiger partial charge in [0.05, 0.1) is 18.2 Å². The minimum Gasteiger partial charge on any atom is -0.383 e. The van der Waals surface area contributed by atoms with E-state index in [4.69, 9.17) is 4.55 Å². The van der Waals surface area contributed by atoms with Crippen LogP contribution in [-0.2, 0) is 15.7 Å². The van der Waals surface area contributed by atoms with Gasteiger partial charge in [-0.05, 0) is 23.3 Å². The molecule has 0 amide bonds. The first-order chi connectivity index (χ1) is 14.6. The second-order valence-corrected chi connectivity index (χ2v) is 10.2. The molecule has 2 heterocycles. The zero-order valence-corrected chi connectivity index (χ0v) is 19.5. The summed E-state index contributed by atoms with van der Waals surface area (Å²) in [6.45, 7) is 0.834. The second kappa shape index (κ2) is 9.52. The number of fused-ring (bicyclic) bond motifs is 1. The fourth-order valence-electron chi connectivity index (χ4n) is 3.74. The van der Waals surface area contributed by atoms with E-state index >= 15 is 0 Å². The van der Waals surface area contributed by atoms with E-state index in [1.54, 1.807) is 11.8 Å². The van der Waals surface area contributed by atoms with Gasteiger partial charge in [-0.2, -0.15) is 8.42 Å². The molecule has 0 aliphatic carbocycles. The van der Waals surface area contributed by atoms with Crippen molar-refractivity contribution in [2.45, 2.75) is 18.1 Å². The highest BCUT2D eigenvalue weighted by Gasteiger charge is 2.43. The molecule has 168 valence electrons. The van der Waals surface area contributed by atoms with E-state index in [1.165, 1.54) is 0 Å². The number of hydrogen-bond donors (Lipinski definition) is 3. The van der Waals surface area contributed by atoms with Crippen LogP contribution in [0.4, 0.5) is 5.69 Å². The van der Waals surface area contributed by atoms with Crippen LogP contribution in [0.25, 0.3) is 0 Å². The van der Waals surface area contributed by atoms with Crippen LogP contribution in [0.3, 0.4) is 0 Å².